The highest BCUT2D eigenvalue weighted by atomic mass is 16.6. The van der Waals surface area contributed by atoms with Crippen molar-refractivity contribution in [3.63, 3.8) is 0 Å². The quantitative estimate of drug-likeness (QED) is 0.636. The van der Waals surface area contributed by atoms with Gasteiger partial charge in [0.1, 0.15) is 0 Å². The summed E-state index contributed by atoms with van der Waals surface area (Å²) in [4.78, 5) is 16.0. The van der Waals surface area contributed by atoms with E-state index in [2.05, 4.69) is 31.0 Å². The fraction of sp³-hybridized carbons (Fsp3) is 0.176. The number of furan rings is 1. The Morgan fingerprint density at radius 1 is 1.14 bits per heavy atom. The summed E-state index contributed by atoms with van der Waals surface area (Å²) in [6, 6.07) is 11.5. The fourth-order valence-electron chi connectivity index (χ4n) is 2.05. The summed E-state index contributed by atoms with van der Waals surface area (Å²) in [5.74, 6) is 0.665. The number of aliphatic imine (C=N–C) groups is 1. The zero-order valence-corrected chi connectivity index (χ0v) is 11.9. The second kappa shape index (κ2) is 5.40. The summed E-state index contributed by atoms with van der Waals surface area (Å²) >= 11 is 0. The van der Waals surface area contributed by atoms with E-state index in [9.17, 15) is 4.79 Å². The molecule has 1 aliphatic heterocycles. The van der Waals surface area contributed by atoms with Crippen molar-refractivity contribution in [3.8, 4) is 0 Å². The summed E-state index contributed by atoms with van der Waals surface area (Å²) in [5.41, 5.74) is 2.44. The Morgan fingerprint density at radius 3 is 2.52 bits per heavy atom. The normalized spacial score (nSPS) is 16.4. The van der Waals surface area contributed by atoms with Crippen molar-refractivity contribution in [2.45, 2.75) is 19.8 Å². The molecule has 3 rings (SSSR count). The Kier molecular flexibility index (Phi) is 3.44. The average molecular weight is 281 g/mol. The van der Waals surface area contributed by atoms with Crippen LogP contribution in [0.3, 0.4) is 0 Å². The predicted octanol–water partition coefficient (Wildman–Crippen LogP) is 3.75. The SMILES string of the molecule is CC(C)c1ccc(C=C2N=C(c3ccco3)OC2=O)cc1. The Labute approximate surface area is 122 Å². The number of carbonyl (C=O) groups is 1. The maximum absolute atomic E-state index is 11.8. The number of nitrogens with zero attached hydrogens (tertiary/aromatic N) is 1. The zero-order valence-electron chi connectivity index (χ0n) is 11.9. The van der Waals surface area contributed by atoms with Crippen molar-refractivity contribution in [3.05, 3.63) is 65.2 Å². The number of hydrogen-bond donors (Lipinski definition) is 0. The van der Waals surface area contributed by atoms with Crippen molar-refractivity contribution in [1.82, 2.24) is 0 Å². The van der Waals surface area contributed by atoms with Gasteiger partial charge in [-0.25, -0.2) is 9.79 Å². The summed E-state index contributed by atoms with van der Waals surface area (Å²) in [6.07, 6.45) is 3.22. The largest absolute Gasteiger partial charge is 0.459 e. The number of esters is 1. The number of benzene rings is 1. The maximum Gasteiger partial charge on any atom is 0.363 e. The molecule has 2 aromatic rings. The van der Waals surface area contributed by atoms with E-state index in [0.29, 0.717) is 11.7 Å². The van der Waals surface area contributed by atoms with Crippen molar-refractivity contribution < 1.29 is 13.9 Å². The second-order valence-corrected chi connectivity index (χ2v) is 5.13. The van der Waals surface area contributed by atoms with Crippen LogP contribution in [-0.4, -0.2) is 11.9 Å². The van der Waals surface area contributed by atoms with Crippen LogP contribution >= 0.6 is 0 Å². The molecule has 0 spiro atoms. The van der Waals surface area contributed by atoms with Crippen molar-refractivity contribution in [2.75, 3.05) is 0 Å². The minimum atomic E-state index is -0.464. The molecule has 0 fully saturated rings. The van der Waals surface area contributed by atoms with Gasteiger partial charge >= 0.3 is 5.97 Å². The maximum atomic E-state index is 11.8. The molecule has 21 heavy (non-hydrogen) atoms. The van der Waals surface area contributed by atoms with E-state index >= 15 is 0 Å². The standard InChI is InChI=1S/C17H15NO3/c1-11(2)13-7-5-12(6-8-13)10-14-17(19)21-16(18-14)15-4-3-9-20-15/h3-11H,1-2H3. The molecular formula is C17H15NO3. The Hall–Kier alpha value is -2.62. The van der Waals surface area contributed by atoms with Gasteiger partial charge in [-0.1, -0.05) is 38.1 Å². The van der Waals surface area contributed by atoms with Crippen LogP contribution in [0.25, 0.3) is 6.08 Å². The predicted molar refractivity (Wildman–Crippen MR) is 79.8 cm³/mol. The van der Waals surface area contributed by atoms with Gasteiger partial charge < -0.3 is 9.15 Å². The first kappa shape index (κ1) is 13.4. The van der Waals surface area contributed by atoms with Crippen LogP contribution in [0.1, 0.15) is 36.7 Å². The number of carbonyl (C=O) groups excluding carboxylic acids is 1. The highest BCUT2D eigenvalue weighted by Gasteiger charge is 2.25. The lowest BCUT2D eigenvalue weighted by atomic mass is 10.0. The van der Waals surface area contributed by atoms with Crippen LogP contribution in [0.2, 0.25) is 0 Å². The Balaban J connectivity index is 1.87. The molecule has 0 saturated carbocycles. The van der Waals surface area contributed by atoms with Gasteiger partial charge in [0.15, 0.2) is 11.5 Å². The van der Waals surface area contributed by atoms with E-state index in [0.717, 1.165) is 5.56 Å². The number of cyclic esters (lactones) is 1. The van der Waals surface area contributed by atoms with Crippen molar-refractivity contribution >= 4 is 17.9 Å². The second-order valence-electron chi connectivity index (χ2n) is 5.13. The van der Waals surface area contributed by atoms with Crippen LogP contribution in [-0.2, 0) is 9.53 Å². The fourth-order valence-corrected chi connectivity index (χ4v) is 2.05. The van der Waals surface area contributed by atoms with Crippen molar-refractivity contribution in [1.29, 1.82) is 0 Å². The van der Waals surface area contributed by atoms with E-state index in [-0.39, 0.29) is 11.6 Å². The highest BCUT2D eigenvalue weighted by molar-refractivity contribution is 6.11. The third-order valence-electron chi connectivity index (χ3n) is 3.26. The molecule has 1 aliphatic rings. The lowest BCUT2D eigenvalue weighted by Crippen LogP contribution is -2.04. The van der Waals surface area contributed by atoms with Gasteiger partial charge in [-0.05, 0) is 35.3 Å². The van der Waals surface area contributed by atoms with Gasteiger partial charge in [-0.3, -0.25) is 0 Å². The summed E-state index contributed by atoms with van der Waals surface area (Å²) in [5, 5.41) is 0. The van der Waals surface area contributed by atoms with Gasteiger partial charge in [-0.2, -0.15) is 0 Å². The van der Waals surface area contributed by atoms with Gasteiger partial charge in [0.25, 0.3) is 5.90 Å². The van der Waals surface area contributed by atoms with E-state index in [1.807, 2.05) is 12.1 Å². The lowest BCUT2D eigenvalue weighted by Gasteiger charge is -2.04. The van der Waals surface area contributed by atoms with Crippen LogP contribution in [0.5, 0.6) is 0 Å². The number of ether oxygens (including phenoxy) is 1. The zero-order chi connectivity index (χ0) is 14.8. The molecule has 4 heteroatoms. The molecule has 0 amide bonds. The first-order chi connectivity index (χ1) is 10.1. The van der Waals surface area contributed by atoms with Gasteiger partial charge in [-0.15, -0.1) is 0 Å². The van der Waals surface area contributed by atoms with Crippen LogP contribution in [0, 0.1) is 0 Å². The number of rotatable bonds is 3. The summed E-state index contributed by atoms with van der Waals surface area (Å²) < 4.78 is 10.3. The molecule has 0 atom stereocenters. The molecule has 0 saturated heterocycles. The third kappa shape index (κ3) is 2.79. The molecule has 0 unspecified atom stereocenters. The average Bonchev–Trinajstić information content (AvgIpc) is 3.10. The van der Waals surface area contributed by atoms with Crippen molar-refractivity contribution in [2.24, 2.45) is 4.99 Å². The van der Waals surface area contributed by atoms with Crippen LogP contribution in [0.15, 0.2) is 57.8 Å². The van der Waals surface area contributed by atoms with E-state index in [4.69, 9.17) is 9.15 Å². The first-order valence-corrected chi connectivity index (χ1v) is 6.80. The third-order valence-corrected chi connectivity index (χ3v) is 3.26. The summed E-state index contributed by atoms with van der Waals surface area (Å²) in [6.45, 7) is 4.28. The smallest absolute Gasteiger partial charge is 0.363 e. The van der Waals surface area contributed by atoms with Crippen LogP contribution < -0.4 is 0 Å². The first-order valence-electron chi connectivity index (χ1n) is 6.80. The minimum absolute atomic E-state index is 0.204. The molecule has 106 valence electrons. The van der Waals surface area contributed by atoms with E-state index < -0.39 is 5.97 Å². The molecule has 4 nitrogen and oxygen atoms in total. The van der Waals surface area contributed by atoms with Gasteiger partial charge in [0.05, 0.1) is 6.26 Å². The Morgan fingerprint density at radius 2 is 1.90 bits per heavy atom. The molecule has 0 aliphatic carbocycles. The molecule has 1 aromatic carbocycles. The van der Waals surface area contributed by atoms with E-state index in [1.54, 1.807) is 18.2 Å². The lowest BCUT2D eigenvalue weighted by molar-refractivity contribution is -0.130. The molecule has 1 aromatic heterocycles. The van der Waals surface area contributed by atoms with Gasteiger partial charge in [0.2, 0.25) is 0 Å². The minimum Gasteiger partial charge on any atom is -0.459 e. The Bertz CT molecular complexity index is 707. The highest BCUT2D eigenvalue weighted by Crippen LogP contribution is 2.21. The van der Waals surface area contributed by atoms with E-state index in [1.165, 1.54) is 11.8 Å². The molecule has 2 heterocycles. The number of hydrogen-bond acceptors (Lipinski definition) is 4. The molecule has 0 bridgehead atoms. The monoisotopic (exact) mass is 281 g/mol. The topological polar surface area (TPSA) is 51.8 Å². The molecule has 0 N–H and O–H groups in total. The summed E-state index contributed by atoms with van der Waals surface area (Å²) in [7, 11) is 0. The van der Waals surface area contributed by atoms with Gasteiger partial charge in [0, 0.05) is 0 Å². The van der Waals surface area contributed by atoms with Crippen LogP contribution in [0.4, 0.5) is 0 Å². The molecule has 0 radical (unpaired) electrons. The molecular weight excluding hydrogens is 266 g/mol.